The molecule has 0 aliphatic rings. The minimum atomic E-state index is -3.98. The summed E-state index contributed by atoms with van der Waals surface area (Å²) in [5, 5.41) is 0.0703. The van der Waals surface area contributed by atoms with Gasteiger partial charge in [0.15, 0.2) is 0 Å². The number of benzene rings is 1. The quantitative estimate of drug-likeness (QED) is 0.686. The van der Waals surface area contributed by atoms with E-state index in [9.17, 15) is 6.63 Å². The number of halogens is 3. The normalized spacial score (nSPS) is 8.55. The van der Waals surface area contributed by atoms with Crippen LogP contribution in [0.3, 0.4) is 0 Å². The fourth-order valence-corrected chi connectivity index (χ4v) is 2.48. The van der Waals surface area contributed by atoms with Crippen molar-refractivity contribution in [3.8, 4) is 0 Å². The fraction of sp³-hybridized carbons (Fsp3) is 0.143. The molecule has 0 N–H and O–H groups in total. The van der Waals surface area contributed by atoms with Crippen molar-refractivity contribution >= 4 is 12.4 Å². The molecule has 0 bridgehead atoms. The van der Waals surface area contributed by atoms with Gasteiger partial charge in [0.2, 0.25) is 0 Å². The Hall–Kier alpha value is -0.00662. The van der Waals surface area contributed by atoms with Crippen LogP contribution in [-0.4, -0.2) is 0 Å². The molecule has 0 aromatic heterocycles. The maximum atomic E-state index is 11.9. The first-order valence-corrected chi connectivity index (χ1v) is 7.64. The van der Waals surface area contributed by atoms with Gasteiger partial charge in [-0.1, -0.05) is 0 Å². The van der Waals surface area contributed by atoms with E-state index in [4.69, 9.17) is 0 Å². The molecule has 11 heavy (non-hydrogen) atoms. The van der Waals surface area contributed by atoms with Crippen molar-refractivity contribution in [2.75, 3.05) is 0 Å². The summed E-state index contributed by atoms with van der Waals surface area (Å²) in [4.78, 5) is 0. The van der Waals surface area contributed by atoms with Crippen LogP contribution in [0.4, 0.5) is 6.63 Å². The zero-order valence-corrected chi connectivity index (χ0v) is 9.75. The molecule has 4 heteroatoms. The molecule has 0 unspecified atom stereocenters. The molecular formula is C7H8ClF2Zn. The van der Waals surface area contributed by atoms with Crippen molar-refractivity contribution in [3.63, 3.8) is 0 Å². The van der Waals surface area contributed by atoms with Gasteiger partial charge in [0.25, 0.3) is 0 Å². The zero-order valence-electron chi connectivity index (χ0n) is 5.97. The van der Waals surface area contributed by atoms with Crippen LogP contribution in [-0.2, 0) is 22.0 Å². The molecule has 0 aliphatic carbocycles. The Morgan fingerprint density at radius 1 is 1.09 bits per heavy atom. The van der Waals surface area contributed by atoms with Crippen LogP contribution in [0.2, 0.25) is 0 Å². The van der Waals surface area contributed by atoms with Crippen molar-refractivity contribution in [3.05, 3.63) is 35.9 Å². The standard InChI is InChI=1S/C7H7.ClH.2FH.Zn/c1-7-5-3-2-4-6-7;;;;/h2-6H,1H2;3*1H;/q;;;;+2/p-2. The van der Waals surface area contributed by atoms with Crippen LogP contribution in [0, 0.1) is 0 Å². The van der Waals surface area contributed by atoms with Gasteiger partial charge in [-0.3, -0.25) is 0 Å². The number of rotatable bonds is 2. The summed E-state index contributed by atoms with van der Waals surface area (Å²) in [6.07, 6.45) is 0. The third kappa shape index (κ3) is 4.44. The first kappa shape index (κ1) is 11.0. The Balaban J connectivity index is 0.000001000. The molecule has 1 rings (SSSR count). The molecule has 0 nitrogen and oxygen atoms in total. The molecule has 0 heterocycles. The first-order valence-electron chi connectivity index (χ1n) is 3.30. The maximum absolute atomic E-state index is 11.9. The zero-order chi connectivity index (χ0) is 7.40. The van der Waals surface area contributed by atoms with Crippen molar-refractivity contribution in [2.45, 2.75) is 5.02 Å². The molecule has 59 valence electrons. The van der Waals surface area contributed by atoms with Crippen molar-refractivity contribution in [1.29, 1.82) is 0 Å². The van der Waals surface area contributed by atoms with Gasteiger partial charge in [-0.05, 0) is 0 Å². The van der Waals surface area contributed by atoms with Crippen LogP contribution >= 0.6 is 12.4 Å². The van der Waals surface area contributed by atoms with E-state index in [0.717, 1.165) is 5.56 Å². The van der Waals surface area contributed by atoms with Crippen LogP contribution in [0.15, 0.2) is 30.3 Å². The summed E-state index contributed by atoms with van der Waals surface area (Å²) in [5.74, 6) is 0. The average molecular weight is 231 g/mol. The molecule has 0 saturated carbocycles. The molecule has 0 atom stereocenters. The Morgan fingerprint density at radius 2 is 1.64 bits per heavy atom. The van der Waals surface area contributed by atoms with Gasteiger partial charge in [0, 0.05) is 0 Å². The molecule has 0 amide bonds. The molecule has 0 spiro atoms. The van der Waals surface area contributed by atoms with Crippen molar-refractivity contribution < 1.29 is 23.6 Å². The molecular weight excluding hydrogens is 223 g/mol. The predicted molar refractivity (Wildman–Crippen MR) is 39.6 cm³/mol. The van der Waals surface area contributed by atoms with Gasteiger partial charge < -0.3 is 0 Å². The monoisotopic (exact) mass is 229 g/mol. The van der Waals surface area contributed by atoms with Crippen molar-refractivity contribution in [1.82, 2.24) is 0 Å². The fourth-order valence-electron chi connectivity index (χ4n) is 0.863. The Morgan fingerprint density at radius 3 is 2.09 bits per heavy atom. The first-order chi connectivity index (χ1) is 4.79. The molecule has 1 aromatic rings. The minimum absolute atomic E-state index is 0. The van der Waals surface area contributed by atoms with E-state index in [1.54, 1.807) is 24.3 Å². The molecule has 0 aliphatic heterocycles. The SMILES string of the molecule is Cl.[F][Zn]([F])[CH2]c1ccccc1. The van der Waals surface area contributed by atoms with E-state index in [2.05, 4.69) is 0 Å². The average Bonchev–Trinajstić information content (AvgIpc) is 1.88. The van der Waals surface area contributed by atoms with E-state index in [-0.39, 0.29) is 17.4 Å². The summed E-state index contributed by atoms with van der Waals surface area (Å²) < 4.78 is 23.9. The Kier molecular flexibility index (Phi) is 5.62. The van der Waals surface area contributed by atoms with E-state index in [1.807, 2.05) is 6.07 Å². The van der Waals surface area contributed by atoms with E-state index in [0.29, 0.717) is 0 Å². The van der Waals surface area contributed by atoms with Gasteiger partial charge in [-0.15, -0.1) is 12.4 Å². The summed E-state index contributed by atoms with van der Waals surface area (Å²) in [6, 6.07) is 8.93. The molecule has 1 aromatic carbocycles. The Bertz CT molecular complexity index is 191. The van der Waals surface area contributed by atoms with Gasteiger partial charge in [0.05, 0.1) is 0 Å². The predicted octanol–water partition coefficient (Wildman–Crippen LogP) is 3.00. The number of hydrogen-bond donors (Lipinski definition) is 0. The topological polar surface area (TPSA) is 0 Å². The van der Waals surface area contributed by atoms with Gasteiger partial charge in [-0.25, -0.2) is 0 Å². The van der Waals surface area contributed by atoms with Crippen LogP contribution < -0.4 is 0 Å². The van der Waals surface area contributed by atoms with Gasteiger partial charge in [0.1, 0.15) is 0 Å². The Labute approximate surface area is 77.1 Å². The molecule has 0 radical (unpaired) electrons. The van der Waals surface area contributed by atoms with Gasteiger partial charge in [-0.2, -0.15) is 0 Å². The number of hydrogen-bond acceptors (Lipinski definition) is 0. The van der Waals surface area contributed by atoms with Crippen LogP contribution in [0.1, 0.15) is 5.56 Å². The summed E-state index contributed by atoms with van der Waals surface area (Å²) in [7, 11) is 0. The second kappa shape index (κ2) is 5.62. The van der Waals surface area contributed by atoms with Crippen LogP contribution in [0.5, 0.6) is 0 Å². The van der Waals surface area contributed by atoms with Crippen LogP contribution in [0.25, 0.3) is 0 Å². The van der Waals surface area contributed by atoms with E-state index >= 15 is 0 Å². The van der Waals surface area contributed by atoms with Gasteiger partial charge >= 0.3 is 64.5 Å². The summed E-state index contributed by atoms with van der Waals surface area (Å²) >= 11 is -3.98. The second-order valence-electron chi connectivity index (χ2n) is 2.21. The van der Waals surface area contributed by atoms with E-state index in [1.165, 1.54) is 0 Å². The van der Waals surface area contributed by atoms with Crippen molar-refractivity contribution in [2.24, 2.45) is 0 Å². The second-order valence-corrected chi connectivity index (χ2v) is 5.27. The molecule has 0 saturated heterocycles. The third-order valence-corrected chi connectivity index (χ3v) is 3.32. The molecule has 0 fully saturated rings. The third-order valence-electron chi connectivity index (χ3n) is 1.32. The van der Waals surface area contributed by atoms with E-state index < -0.39 is 16.9 Å². The summed E-state index contributed by atoms with van der Waals surface area (Å²) in [5.41, 5.74) is 0.785. The summed E-state index contributed by atoms with van der Waals surface area (Å²) in [6.45, 7) is 0.